The number of hydrogen-bond acceptors (Lipinski definition) is 3. The predicted octanol–water partition coefficient (Wildman–Crippen LogP) is 2.82. The summed E-state index contributed by atoms with van der Waals surface area (Å²) in [6.07, 6.45) is -4.36. The summed E-state index contributed by atoms with van der Waals surface area (Å²) in [5.74, 6) is -0.168. The van der Waals surface area contributed by atoms with Gasteiger partial charge in [-0.2, -0.15) is 13.2 Å². The fourth-order valence-electron chi connectivity index (χ4n) is 1.98. The van der Waals surface area contributed by atoms with Crippen LogP contribution in [0.2, 0.25) is 0 Å². The average Bonchev–Trinajstić information content (AvgIpc) is 2.43. The van der Waals surface area contributed by atoms with E-state index in [1.54, 1.807) is 0 Å². The molecule has 7 heteroatoms. The van der Waals surface area contributed by atoms with Crippen LogP contribution in [0.25, 0.3) is 0 Å². The monoisotopic (exact) mass is 331 g/mol. The highest BCUT2D eigenvalue weighted by Crippen LogP contribution is 2.30. The highest BCUT2D eigenvalue weighted by Gasteiger charge is 2.30. The van der Waals surface area contributed by atoms with Crippen LogP contribution >= 0.6 is 0 Å². The van der Waals surface area contributed by atoms with E-state index in [9.17, 15) is 18.0 Å². The molecular weight excluding hydrogens is 307 g/mol. The van der Waals surface area contributed by atoms with E-state index in [0.29, 0.717) is 12.2 Å². The Morgan fingerprint density at radius 3 is 2.17 bits per heavy atom. The predicted molar refractivity (Wildman–Crippen MR) is 85.3 cm³/mol. The van der Waals surface area contributed by atoms with Gasteiger partial charge in [-0.1, -0.05) is 13.8 Å². The van der Waals surface area contributed by atoms with Gasteiger partial charge in [0.25, 0.3) is 0 Å². The minimum absolute atomic E-state index is 0.00310. The number of nitrogens with one attached hydrogen (secondary N) is 2. The van der Waals surface area contributed by atoms with Gasteiger partial charge in [-0.15, -0.1) is 0 Å². The molecule has 1 aromatic rings. The molecule has 1 atom stereocenters. The Morgan fingerprint density at radius 2 is 1.74 bits per heavy atom. The Kier molecular flexibility index (Phi) is 6.87. The Balaban J connectivity index is 2.70. The van der Waals surface area contributed by atoms with Crippen LogP contribution < -0.4 is 10.6 Å². The van der Waals surface area contributed by atoms with E-state index in [4.69, 9.17) is 0 Å². The summed E-state index contributed by atoms with van der Waals surface area (Å²) in [7, 11) is 3.82. The molecule has 23 heavy (non-hydrogen) atoms. The summed E-state index contributed by atoms with van der Waals surface area (Å²) in [6.45, 7) is 5.00. The fourth-order valence-corrected chi connectivity index (χ4v) is 1.98. The van der Waals surface area contributed by atoms with Crippen LogP contribution in [0.15, 0.2) is 24.3 Å². The van der Waals surface area contributed by atoms with Crippen LogP contribution in [0, 0.1) is 5.92 Å². The minimum atomic E-state index is -4.36. The van der Waals surface area contributed by atoms with E-state index in [0.717, 1.165) is 18.7 Å². The molecule has 0 heterocycles. The highest BCUT2D eigenvalue weighted by molar-refractivity contribution is 5.84. The van der Waals surface area contributed by atoms with Crippen molar-refractivity contribution in [2.75, 3.05) is 32.5 Å². The standard InChI is InChI=1S/C16H24F3N3O/c1-11(2)14(15(23)20-9-10-22(3)4)21-13-7-5-12(6-8-13)16(17,18)19/h5-8,11,14,21H,9-10H2,1-4H3,(H,20,23)/t14-/m1/s1. The van der Waals surface area contributed by atoms with Gasteiger partial charge in [-0.3, -0.25) is 4.79 Å². The number of carbonyl (C=O) groups excluding carboxylic acids is 1. The van der Waals surface area contributed by atoms with E-state index in [2.05, 4.69) is 10.6 Å². The molecule has 0 bridgehead atoms. The van der Waals surface area contributed by atoms with Crippen LogP contribution in [0.5, 0.6) is 0 Å². The first-order valence-electron chi connectivity index (χ1n) is 7.47. The van der Waals surface area contributed by atoms with Crippen molar-refractivity contribution < 1.29 is 18.0 Å². The molecule has 0 unspecified atom stereocenters. The molecule has 130 valence electrons. The first-order chi connectivity index (χ1) is 10.6. The second-order valence-corrected chi connectivity index (χ2v) is 6.04. The number of amides is 1. The molecule has 1 amide bonds. The van der Waals surface area contributed by atoms with Crippen molar-refractivity contribution in [2.45, 2.75) is 26.1 Å². The third kappa shape index (κ3) is 6.48. The molecule has 2 N–H and O–H groups in total. The Bertz CT molecular complexity index is 498. The van der Waals surface area contributed by atoms with Crippen LogP contribution in [0.3, 0.4) is 0 Å². The smallest absolute Gasteiger partial charge is 0.373 e. The number of rotatable bonds is 7. The lowest BCUT2D eigenvalue weighted by molar-refractivity contribution is -0.137. The number of alkyl halides is 3. The number of halogens is 3. The first-order valence-corrected chi connectivity index (χ1v) is 7.47. The van der Waals surface area contributed by atoms with E-state index >= 15 is 0 Å². The Morgan fingerprint density at radius 1 is 1.17 bits per heavy atom. The van der Waals surface area contributed by atoms with Gasteiger partial charge in [0.15, 0.2) is 0 Å². The molecule has 0 radical (unpaired) electrons. The zero-order valence-electron chi connectivity index (χ0n) is 13.9. The second kappa shape index (κ2) is 8.19. The maximum absolute atomic E-state index is 12.6. The molecular formula is C16H24F3N3O. The number of benzene rings is 1. The quantitative estimate of drug-likeness (QED) is 0.807. The van der Waals surface area contributed by atoms with Crippen molar-refractivity contribution in [1.82, 2.24) is 10.2 Å². The van der Waals surface area contributed by atoms with E-state index in [1.165, 1.54) is 12.1 Å². The lowest BCUT2D eigenvalue weighted by Crippen LogP contribution is -2.44. The van der Waals surface area contributed by atoms with Gasteiger partial charge < -0.3 is 15.5 Å². The van der Waals surface area contributed by atoms with Gasteiger partial charge in [0, 0.05) is 18.8 Å². The largest absolute Gasteiger partial charge is 0.416 e. The van der Waals surface area contributed by atoms with Crippen LogP contribution in [0.4, 0.5) is 18.9 Å². The number of anilines is 1. The molecule has 0 aromatic heterocycles. The number of hydrogen-bond donors (Lipinski definition) is 2. The van der Waals surface area contributed by atoms with Gasteiger partial charge >= 0.3 is 6.18 Å². The van der Waals surface area contributed by atoms with Gasteiger partial charge in [-0.05, 0) is 44.3 Å². The molecule has 0 saturated heterocycles. The molecule has 0 aliphatic heterocycles. The maximum atomic E-state index is 12.6. The van der Waals surface area contributed by atoms with Crippen LogP contribution in [-0.2, 0) is 11.0 Å². The van der Waals surface area contributed by atoms with Crippen molar-refractivity contribution in [3.63, 3.8) is 0 Å². The molecule has 0 aliphatic rings. The van der Waals surface area contributed by atoms with Crippen molar-refractivity contribution in [1.29, 1.82) is 0 Å². The maximum Gasteiger partial charge on any atom is 0.416 e. The lowest BCUT2D eigenvalue weighted by Gasteiger charge is -2.23. The first kappa shape index (κ1) is 19.3. The highest BCUT2D eigenvalue weighted by atomic mass is 19.4. The van der Waals surface area contributed by atoms with Crippen LogP contribution in [0.1, 0.15) is 19.4 Å². The van der Waals surface area contributed by atoms with Crippen molar-refractivity contribution >= 4 is 11.6 Å². The molecule has 1 aromatic carbocycles. The molecule has 1 rings (SSSR count). The molecule has 4 nitrogen and oxygen atoms in total. The molecule has 0 aliphatic carbocycles. The Hall–Kier alpha value is -1.76. The summed E-state index contributed by atoms with van der Waals surface area (Å²) >= 11 is 0. The molecule has 0 spiro atoms. The normalized spacial score (nSPS) is 13.3. The second-order valence-electron chi connectivity index (χ2n) is 6.04. The summed E-state index contributed by atoms with van der Waals surface area (Å²) in [5, 5.41) is 5.83. The number of likely N-dealkylation sites (N-methyl/N-ethyl adjacent to an activating group) is 1. The van der Waals surface area contributed by atoms with Gasteiger partial charge in [0.1, 0.15) is 6.04 Å². The minimum Gasteiger partial charge on any atom is -0.373 e. The van der Waals surface area contributed by atoms with Crippen molar-refractivity contribution in [2.24, 2.45) is 5.92 Å². The number of carbonyl (C=O) groups is 1. The average molecular weight is 331 g/mol. The van der Waals surface area contributed by atoms with E-state index in [-0.39, 0.29) is 11.8 Å². The molecule has 0 saturated carbocycles. The summed E-state index contributed by atoms with van der Waals surface area (Å²) < 4.78 is 37.7. The van der Waals surface area contributed by atoms with E-state index < -0.39 is 17.8 Å². The molecule has 0 fully saturated rings. The topological polar surface area (TPSA) is 44.4 Å². The summed E-state index contributed by atoms with van der Waals surface area (Å²) in [6, 6.07) is 4.18. The summed E-state index contributed by atoms with van der Waals surface area (Å²) in [4.78, 5) is 14.2. The van der Waals surface area contributed by atoms with Gasteiger partial charge in [0.05, 0.1) is 5.56 Å². The SMILES string of the molecule is CC(C)[C@@H](Nc1ccc(C(F)(F)F)cc1)C(=O)NCCN(C)C. The zero-order chi connectivity index (χ0) is 17.6. The zero-order valence-corrected chi connectivity index (χ0v) is 13.9. The Labute approximate surface area is 135 Å². The lowest BCUT2D eigenvalue weighted by atomic mass is 10.0. The van der Waals surface area contributed by atoms with Crippen molar-refractivity contribution in [3.05, 3.63) is 29.8 Å². The van der Waals surface area contributed by atoms with Gasteiger partial charge in [0.2, 0.25) is 5.91 Å². The third-order valence-corrected chi connectivity index (χ3v) is 3.34. The fraction of sp³-hybridized carbons (Fsp3) is 0.562. The third-order valence-electron chi connectivity index (χ3n) is 3.34. The van der Waals surface area contributed by atoms with Crippen LogP contribution in [-0.4, -0.2) is 44.0 Å². The number of nitrogens with zero attached hydrogens (tertiary/aromatic N) is 1. The van der Waals surface area contributed by atoms with Gasteiger partial charge in [-0.25, -0.2) is 0 Å². The summed E-state index contributed by atoms with van der Waals surface area (Å²) in [5.41, 5.74) is -0.223. The van der Waals surface area contributed by atoms with Crippen molar-refractivity contribution in [3.8, 4) is 0 Å². The van der Waals surface area contributed by atoms with E-state index in [1.807, 2.05) is 32.8 Å².